The van der Waals surface area contributed by atoms with E-state index in [-0.39, 0.29) is 6.42 Å². The fourth-order valence-corrected chi connectivity index (χ4v) is 3.20. The van der Waals surface area contributed by atoms with Crippen LogP contribution in [0.3, 0.4) is 0 Å². The van der Waals surface area contributed by atoms with E-state index in [0.29, 0.717) is 36.8 Å². The van der Waals surface area contributed by atoms with E-state index >= 15 is 0 Å². The van der Waals surface area contributed by atoms with Crippen molar-refractivity contribution in [2.45, 2.75) is 45.5 Å². The van der Waals surface area contributed by atoms with Gasteiger partial charge in [-0.3, -0.25) is 0 Å². The van der Waals surface area contributed by atoms with E-state index in [2.05, 4.69) is 10.4 Å². The molecule has 184 valence electrons. The number of hydrogen-bond donors (Lipinski definition) is 1. The molecule has 1 aliphatic rings. The smallest absolute Gasteiger partial charge is 0.431 e. The van der Waals surface area contributed by atoms with E-state index in [1.807, 2.05) is 6.07 Å². The van der Waals surface area contributed by atoms with Gasteiger partial charge in [0.1, 0.15) is 17.0 Å². The number of nitrogens with one attached hydrogen (secondary N) is 1. The summed E-state index contributed by atoms with van der Waals surface area (Å²) in [7, 11) is 1.66. The number of carbonyl (C=O) groups excluding carboxylic acids is 1. The molecule has 3 rings (SSSR count). The van der Waals surface area contributed by atoms with Crippen molar-refractivity contribution in [2.24, 2.45) is 5.10 Å². The summed E-state index contributed by atoms with van der Waals surface area (Å²) in [5, 5.41) is 8.38. The molecule has 0 fully saturated rings. The molecule has 1 aromatic heterocycles. The van der Waals surface area contributed by atoms with Gasteiger partial charge in [-0.1, -0.05) is 12.1 Å². The van der Waals surface area contributed by atoms with Gasteiger partial charge >= 0.3 is 12.3 Å². The zero-order valence-electron chi connectivity index (χ0n) is 19.6. The predicted molar refractivity (Wildman–Crippen MR) is 124 cm³/mol. The SMILES string of the molecule is CN(CCNCc1cccc(N2N=C(C(F)(F)F)CC=C2c2ccco2)c1)C(=O)OC(C)(C)C. The molecule has 1 aliphatic heterocycles. The minimum atomic E-state index is -4.53. The van der Waals surface area contributed by atoms with Gasteiger partial charge in [0.15, 0.2) is 5.76 Å². The predicted octanol–water partition coefficient (Wildman–Crippen LogP) is 5.41. The van der Waals surface area contributed by atoms with Crippen molar-refractivity contribution >= 4 is 23.2 Å². The van der Waals surface area contributed by atoms with Gasteiger partial charge < -0.3 is 19.4 Å². The van der Waals surface area contributed by atoms with Crippen molar-refractivity contribution < 1.29 is 27.1 Å². The van der Waals surface area contributed by atoms with Crippen molar-refractivity contribution in [2.75, 3.05) is 25.1 Å². The third kappa shape index (κ3) is 6.86. The lowest BCUT2D eigenvalue weighted by Gasteiger charge is -2.27. The number of nitrogens with zero attached hydrogens (tertiary/aromatic N) is 3. The average Bonchev–Trinajstić information content (AvgIpc) is 3.29. The summed E-state index contributed by atoms with van der Waals surface area (Å²) >= 11 is 0. The molecule has 34 heavy (non-hydrogen) atoms. The van der Waals surface area contributed by atoms with Crippen LogP contribution in [0.4, 0.5) is 23.7 Å². The Balaban J connectivity index is 1.67. The first-order chi connectivity index (χ1) is 15.9. The van der Waals surface area contributed by atoms with Crippen LogP contribution in [0, 0.1) is 0 Å². The van der Waals surface area contributed by atoms with Gasteiger partial charge in [-0.25, -0.2) is 9.80 Å². The number of hydrazone groups is 1. The van der Waals surface area contributed by atoms with Gasteiger partial charge in [0.25, 0.3) is 0 Å². The molecule has 7 nitrogen and oxygen atoms in total. The highest BCUT2D eigenvalue weighted by molar-refractivity contribution is 5.97. The molecule has 0 aliphatic carbocycles. The summed E-state index contributed by atoms with van der Waals surface area (Å²) < 4.78 is 50.8. The van der Waals surface area contributed by atoms with Gasteiger partial charge in [0.05, 0.1) is 12.0 Å². The minimum Gasteiger partial charge on any atom is -0.463 e. The van der Waals surface area contributed by atoms with Crippen LogP contribution in [-0.4, -0.2) is 48.6 Å². The first-order valence-electron chi connectivity index (χ1n) is 10.9. The molecule has 1 amide bonds. The number of furan rings is 1. The van der Waals surface area contributed by atoms with E-state index in [4.69, 9.17) is 9.15 Å². The second-order valence-electron chi connectivity index (χ2n) is 8.88. The van der Waals surface area contributed by atoms with Gasteiger partial charge in [0.2, 0.25) is 0 Å². The number of carbonyl (C=O) groups is 1. The maximum atomic E-state index is 13.3. The Hall–Kier alpha value is -3.27. The lowest BCUT2D eigenvalue weighted by molar-refractivity contribution is -0.0602. The number of ether oxygens (including phenoxy) is 1. The van der Waals surface area contributed by atoms with Crippen LogP contribution < -0.4 is 10.3 Å². The quantitative estimate of drug-likeness (QED) is 0.539. The number of amides is 1. The zero-order chi connectivity index (χ0) is 24.9. The molecule has 0 saturated heterocycles. The van der Waals surface area contributed by atoms with Crippen molar-refractivity contribution in [1.29, 1.82) is 0 Å². The summed E-state index contributed by atoms with van der Waals surface area (Å²) in [5.41, 5.74) is 0.337. The molecule has 2 aromatic rings. The second kappa shape index (κ2) is 10.3. The van der Waals surface area contributed by atoms with E-state index in [9.17, 15) is 18.0 Å². The fourth-order valence-electron chi connectivity index (χ4n) is 3.20. The van der Waals surface area contributed by atoms with E-state index in [1.165, 1.54) is 22.2 Å². The maximum absolute atomic E-state index is 13.3. The minimum absolute atomic E-state index is 0.331. The molecule has 0 unspecified atom stereocenters. The Labute approximate surface area is 196 Å². The molecule has 10 heteroatoms. The Morgan fingerprint density at radius 1 is 1.24 bits per heavy atom. The Morgan fingerprint density at radius 3 is 2.65 bits per heavy atom. The normalized spacial score (nSPS) is 14.5. The summed E-state index contributed by atoms with van der Waals surface area (Å²) in [6.45, 7) is 6.82. The second-order valence-corrected chi connectivity index (χ2v) is 8.88. The van der Waals surface area contributed by atoms with Gasteiger partial charge in [-0.05, 0) is 56.7 Å². The van der Waals surface area contributed by atoms with E-state index in [0.717, 1.165) is 5.56 Å². The van der Waals surface area contributed by atoms with Crippen LogP contribution in [0.2, 0.25) is 0 Å². The van der Waals surface area contributed by atoms with Crippen molar-refractivity contribution in [3.8, 4) is 0 Å². The number of alkyl halides is 3. The molecule has 0 atom stereocenters. The Kier molecular flexibility index (Phi) is 7.71. The molecular formula is C24H29F3N4O3. The Morgan fingerprint density at radius 2 is 2.00 bits per heavy atom. The fraction of sp³-hybridized carbons (Fsp3) is 0.417. The zero-order valence-corrected chi connectivity index (χ0v) is 19.6. The molecule has 0 spiro atoms. The number of anilines is 1. The molecular weight excluding hydrogens is 449 g/mol. The highest BCUT2D eigenvalue weighted by atomic mass is 19.4. The molecule has 0 saturated carbocycles. The number of likely N-dealkylation sites (N-methyl/N-ethyl adjacent to an activating group) is 1. The summed E-state index contributed by atoms with van der Waals surface area (Å²) in [6, 6.07) is 10.4. The monoisotopic (exact) mass is 478 g/mol. The van der Waals surface area contributed by atoms with Gasteiger partial charge in [-0.2, -0.15) is 18.3 Å². The van der Waals surface area contributed by atoms with Crippen molar-refractivity contribution in [3.63, 3.8) is 0 Å². The lowest BCUT2D eigenvalue weighted by Crippen LogP contribution is -2.37. The van der Waals surface area contributed by atoms with Crippen LogP contribution >= 0.6 is 0 Å². The summed E-state index contributed by atoms with van der Waals surface area (Å²) in [4.78, 5) is 13.5. The summed E-state index contributed by atoms with van der Waals surface area (Å²) in [5.74, 6) is 0.429. The number of allylic oxidation sites excluding steroid dienone is 1. The first-order valence-corrected chi connectivity index (χ1v) is 10.9. The van der Waals surface area contributed by atoms with Crippen LogP contribution in [0.15, 0.2) is 58.3 Å². The molecule has 1 N–H and O–H groups in total. The standard InChI is InChI=1S/C24H29F3N4O3/c1-23(2,3)34-22(32)30(4)13-12-28-16-17-7-5-8-18(15-17)31-19(20-9-6-14-33-20)10-11-21(29-31)24(25,26)27/h5-10,14-15,28H,11-13,16H2,1-4H3. The van der Waals surface area contributed by atoms with Crippen LogP contribution in [0.5, 0.6) is 0 Å². The van der Waals surface area contributed by atoms with Gasteiger partial charge in [-0.15, -0.1) is 0 Å². The van der Waals surface area contributed by atoms with Crippen molar-refractivity contribution in [1.82, 2.24) is 10.2 Å². The van der Waals surface area contributed by atoms with Crippen LogP contribution in [0.25, 0.3) is 5.70 Å². The topological polar surface area (TPSA) is 70.3 Å². The van der Waals surface area contributed by atoms with E-state index in [1.54, 1.807) is 58.2 Å². The first kappa shape index (κ1) is 25.4. The number of rotatable bonds is 7. The molecule has 0 bridgehead atoms. The molecule has 0 radical (unpaired) electrons. The third-order valence-corrected chi connectivity index (χ3v) is 4.85. The average molecular weight is 479 g/mol. The number of benzene rings is 1. The maximum Gasteiger partial charge on any atom is 0.431 e. The molecule has 2 heterocycles. The highest BCUT2D eigenvalue weighted by Crippen LogP contribution is 2.34. The molecule has 1 aromatic carbocycles. The number of halogens is 3. The highest BCUT2D eigenvalue weighted by Gasteiger charge is 2.38. The van der Waals surface area contributed by atoms with Crippen LogP contribution in [-0.2, 0) is 11.3 Å². The number of hydrogen-bond acceptors (Lipinski definition) is 6. The Bertz CT molecular complexity index is 1040. The third-order valence-electron chi connectivity index (χ3n) is 4.85. The largest absolute Gasteiger partial charge is 0.463 e. The van der Waals surface area contributed by atoms with Crippen molar-refractivity contribution in [3.05, 3.63) is 60.1 Å². The summed E-state index contributed by atoms with van der Waals surface area (Å²) in [6.07, 6.45) is -2.33. The van der Waals surface area contributed by atoms with Crippen LogP contribution in [0.1, 0.15) is 38.5 Å². The van der Waals surface area contributed by atoms with Gasteiger partial charge in [0, 0.05) is 33.1 Å². The lowest BCUT2D eigenvalue weighted by atomic mass is 10.1. The van der Waals surface area contributed by atoms with E-state index < -0.39 is 23.6 Å².